The molecule has 0 unspecified atom stereocenters. The number of rotatable bonds is 1. The van der Waals surface area contributed by atoms with E-state index in [-0.39, 0.29) is 0 Å². The zero-order chi connectivity index (χ0) is 8.57. The van der Waals surface area contributed by atoms with Gasteiger partial charge in [-0.05, 0) is 28.1 Å². The number of nitrogens with one attached hydrogen (secondary N) is 1. The lowest BCUT2D eigenvalue weighted by Crippen LogP contribution is -2.20. The molecule has 0 aliphatic rings. The first kappa shape index (κ1) is 12.2. The van der Waals surface area contributed by atoms with E-state index in [9.17, 15) is 4.79 Å². The molecule has 0 aromatic rings. The average Bonchev–Trinajstić information content (AvgIpc) is 1.62. The van der Waals surface area contributed by atoms with E-state index in [0.29, 0.717) is 6.54 Å². The van der Waals surface area contributed by atoms with E-state index in [0.717, 1.165) is 0 Å². The summed E-state index contributed by atoms with van der Waals surface area (Å²) in [6, 6.07) is 0. The highest BCUT2D eigenvalue weighted by atomic mass is 16.1. The summed E-state index contributed by atoms with van der Waals surface area (Å²) in [5.41, 5.74) is 0. The van der Waals surface area contributed by atoms with Crippen molar-refractivity contribution in [3.63, 3.8) is 0 Å². The van der Waals surface area contributed by atoms with E-state index in [1.807, 2.05) is 33.0 Å². The Morgan fingerprint density at radius 1 is 1.50 bits per heavy atom. The van der Waals surface area contributed by atoms with Gasteiger partial charge >= 0.3 is 0 Å². The molecule has 1 amide bonds. The molecule has 3 nitrogen and oxygen atoms in total. The fourth-order valence-corrected chi connectivity index (χ4v) is 0.174. The van der Waals surface area contributed by atoms with Crippen LogP contribution in [0, 0.1) is 0 Å². The van der Waals surface area contributed by atoms with Crippen molar-refractivity contribution in [1.82, 2.24) is 10.2 Å². The summed E-state index contributed by atoms with van der Waals surface area (Å²) in [7, 11) is 10.7. The molecule has 0 saturated heterocycles. The van der Waals surface area contributed by atoms with Gasteiger partial charge < -0.3 is 10.2 Å². The minimum atomic E-state index is -0.461. The van der Waals surface area contributed by atoms with Gasteiger partial charge in [-0.3, -0.25) is 4.79 Å². The third-order valence-electron chi connectivity index (χ3n) is 0.351. The molecular weight excluding hydrogens is 127 g/mol. The third kappa shape index (κ3) is 50.8. The van der Waals surface area contributed by atoms with Gasteiger partial charge in [-0.1, -0.05) is 0 Å². The van der Waals surface area contributed by atoms with Crippen molar-refractivity contribution >= 4 is 13.7 Å². The van der Waals surface area contributed by atoms with Gasteiger partial charge in [-0.2, -0.15) is 0 Å². The summed E-state index contributed by atoms with van der Waals surface area (Å²) in [6.07, 6.45) is 0. The van der Waals surface area contributed by atoms with Gasteiger partial charge in [0.15, 0.2) is 13.7 Å². The van der Waals surface area contributed by atoms with E-state index in [1.54, 1.807) is 0 Å². The van der Waals surface area contributed by atoms with Gasteiger partial charge in [-0.15, -0.1) is 0 Å². The Bertz CT molecular complexity index is 83.1. The largest absolute Gasteiger partial charge is 0.366 e. The monoisotopic (exact) mass is 142 g/mol. The minimum Gasteiger partial charge on any atom is -0.366 e. The molecule has 0 aromatic heterocycles. The fraction of sp³-hybridized carbons (Fsp3) is 0.833. The van der Waals surface area contributed by atoms with Crippen LogP contribution in [0.3, 0.4) is 0 Å². The van der Waals surface area contributed by atoms with Crippen LogP contribution in [0.1, 0.15) is 6.92 Å². The van der Waals surface area contributed by atoms with Crippen LogP contribution in [-0.4, -0.2) is 46.2 Å². The predicted molar refractivity (Wildman–Crippen MR) is 44.4 cm³/mol. The molecule has 10 heavy (non-hydrogen) atoms. The number of carbonyl (C=O) groups excluding carboxylic acids is 1. The summed E-state index contributed by atoms with van der Waals surface area (Å²) in [6.45, 7) is 2.42. The SMILES string of the molecule is CN(C)C.[B]C(=O)NCC. The first-order valence-corrected chi connectivity index (χ1v) is 3.15. The van der Waals surface area contributed by atoms with Crippen LogP contribution in [0.25, 0.3) is 0 Å². The fourth-order valence-electron chi connectivity index (χ4n) is 0.174. The molecule has 58 valence electrons. The number of amides is 1. The van der Waals surface area contributed by atoms with Crippen LogP contribution in [0.2, 0.25) is 0 Å². The Balaban J connectivity index is 0. The zero-order valence-corrected chi connectivity index (χ0v) is 7.14. The molecule has 0 atom stereocenters. The maximum Gasteiger partial charge on any atom is 0.200 e. The summed E-state index contributed by atoms with van der Waals surface area (Å²) in [5, 5.41) is 2.35. The molecule has 4 heteroatoms. The summed E-state index contributed by atoms with van der Waals surface area (Å²) >= 11 is 0. The molecule has 0 aliphatic heterocycles. The normalized spacial score (nSPS) is 8.10. The van der Waals surface area contributed by atoms with Crippen molar-refractivity contribution in [2.24, 2.45) is 0 Å². The second kappa shape index (κ2) is 8.49. The van der Waals surface area contributed by atoms with Gasteiger partial charge in [0, 0.05) is 6.54 Å². The highest BCUT2D eigenvalue weighted by Gasteiger charge is 1.78. The number of carbonyl (C=O) groups is 1. The molecule has 0 aliphatic carbocycles. The van der Waals surface area contributed by atoms with Crippen molar-refractivity contribution in [2.45, 2.75) is 6.92 Å². The lowest BCUT2D eigenvalue weighted by Gasteiger charge is -1.90. The number of hydrogen-bond acceptors (Lipinski definition) is 2. The smallest absolute Gasteiger partial charge is 0.200 e. The van der Waals surface area contributed by atoms with Crippen LogP contribution >= 0.6 is 0 Å². The highest BCUT2D eigenvalue weighted by Crippen LogP contribution is 1.53. The van der Waals surface area contributed by atoms with Crippen molar-refractivity contribution in [2.75, 3.05) is 27.7 Å². The van der Waals surface area contributed by atoms with Gasteiger partial charge in [0.25, 0.3) is 0 Å². The molecule has 0 rings (SSSR count). The van der Waals surface area contributed by atoms with Crippen LogP contribution < -0.4 is 5.32 Å². The molecular formula is C6H15BN2O. The Morgan fingerprint density at radius 2 is 1.80 bits per heavy atom. The molecule has 0 heterocycles. The van der Waals surface area contributed by atoms with Crippen molar-refractivity contribution in [3.8, 4) is 0 Å². The zero-order valence-electron chi connectivity index (χ0n) is 7.14. The van der Waals surface area contributed by atoms with E-state index >= 15 is 0 Å². The van der Waals surface area contributed by atoms with Gasteiger partial charge in [0.1, 0.15) is 0 Å². The quantitative estimate of drug-likeness (QED) is 0.525. The second-order valence-corrected chi connectivity index (χ2v) is 2.24. The van der Waals surface area contributed by atoms with Gasteiger partial charge in [0.2, 0.25) is 0 Å². The Labute approximate surface area is 64.2 Å². The first-order chi connectivity index (χ1) is 4.50. The molecule has 2 radical (unpaired) electrons. The molecule has 0 saturated carbocycles. The van der Waals surface area contributed by atoms with Crippen molar-refractivity contribution in [1.29, 1.82) is 0 Å². The van der Waals surface area contributed by atoms with Crippen LogP contribution in [0.4, 0.5) is 4.79 Å². The molecule has 0 aromatic carbocycles. The third-order valence-corrected chi connectivity index (χ3v) is 0.351. The molecule has 0 bridgehead atoms. The average molecular weight is 142 g/mol. The lowest BCUT2D eigenvalue weighted by molar-refractivity contribution is 0.260. The van der Waals surface area contributed by atoms with E-state index in [4.69, 9.17) is 0 Å². The van der Waals surface area contributed by atoms with Gasteiger partial charge in [0.05, 0.1) is 0 Å². The predicted octanol–water partition coefficient (Wildman–Crippen LogP) is 0.0622. The molecule has 1 N–H and O–H groups in total. The highest BCUT2D eigenvalue weighted by molar-refractivity contribution is 6.57. The standard InChI is InChI=1S/C3H6BNO.C3H9N/c1-2-5-3(4)6;1-4(2)3/h2H2,1H3,(H,5,6);1-3H3. The van der Waals surface area contributed by atoms with Crippen LogP contribution in [0.5, 0.6) is 0 Å². The Kier molecular flexibility index (Phi) is 10.4. The number of nitrogens with zero attached hydrogens (tertiary/aromatic N) is 1. The Morgan fingerprint density at radius 3 is 1.80 bits per heavy atom. The number of hydrogen-bond donors (Lipinski definition) is 1. The maximum absolute atomic E-state index is 9.71. The molecule has 0 fully saturated rings. The molecule has 0 spiro atoms. The maximum atomic E-state index is 9.71. The van der Waals surface area contributed by atoms with Crippen LogP contribution in [-0.2, 0) is 0 Å². The minimum absolute atomic E-state index is 0.461. The Hall–Kier alpha value is -0.505. The van der Waals surface area contributed by atoms with E-state index in [1.165, 1.54) is 0 Å². The first-order valence-electron chi connectivity index (χ1n) is 3.15. The van der Waals surface area contributed by atoms with Crippen molar-refractivity contribution < 1.29 is 4.79 Å². The summed E-state index contributed by atoms with van der Waals surface area (Å²) in [5.74, 6) is -0.461. The van der Waals surface area contributed by atoms with E-state index < -0.39 is 5.81 Å². The lowest BCUT2D eigenvalue weighted by atomic mass is 10.1. The summed E-state index contributed by atoms with van der Waals surface area (Å²) in [4.78, 5) is 11.7. The van der Waals surface area contributed by atoms with Crippen LogP contribution in [0.15, 0.2) is 0 Å². The van der Waals surface area contributed by atoms with E-state index in [2.05, 4.69) is 13.2 Å². The van der Waals surface area contributed by atoms with Gasteiger partial charge in [-0.25, -0.2) is 0 Å². The second-order valence-electron chi connectivity index (χ2n) is 2.24. The topological polar surface area (TPSA) is 32.3 Å². The van der Waals surface area contributed by atoms with Crippen molar-refractivity contribution in [3.05, 3.63) is 0 Å². The summed E-state index contributed by atoms with van der Waals surface area (Å²) < 4.78 is 0.